The number of halogens is 6. The fourth-order valence-corrected chi connectivity index (χ4v) is 2.50. The van der Waals surface area contributed by atoms with Crippen molar-refractivity contribution in [1.29, 1.82) is 0 Å². The quantitative estimate of drug-likeness (QED) is 0.342. The van der Waals surface area contributed by atoms with E-state index in [9.17, 15) is 26.3 Å². The summed E-state index contributed by atoms with van der Waals surface area (Å²) in [6, 6.07) is 16.0. The van der Waals surface area contributed by atoms with Crippen LogP contribution in [0.3, 0.4) is 0 Å². The predicted octanol–water partition coefficient (Wildman–Crippen LogP) is 6.37. The topological polar surface area (TPSA) is 21.6 Å². The maximum Gasteiger partial charge on any atom is 0.461 e. The van der Waals surface area contributed by atoms with Crippen molar-refractivity contribution < 1.29 is 31.1 Å². The second-order valence-electron chi connectivity index (χ2n) is 5.94. The molecular weight excluding hydrogens is 396 g/mol. The van der Waals surface area contributed by atoms with Crippen molar-refractivity contribution >= 4 is 11.4 Å². The Hall–Kier alpha value is -3.29. The van der Waals surface area contributed by atoms with Gasteiger partial charge in [-0.1, -0.05) is 18.2 Å². The lowest BCUT2D eigenvalue weighted by Crippen LogP contribution is -2.33. The Bertz CT molecular complexity index is 1000. The molecule has 0 radical (unpaired) electrons. The van der Waals surface area contributed by atoms with E-state index in [0.717, 1.165) is 24.3 Å². The van der Waals surface area contributed by atoms with Crippen molar-refractivity contribution in [1.82, 2.24) is 0 Å². The molecule has 0 saturated carbocycles. The fraction of sp³-hybridized carbons (Fsp3) is 0.0952. The van der Waals surface area contributed by atoms with Crippen LogP contribution in [-0.4, -0.2) is 18.2 Å². The zero-order valence-corrected chi connectivity index (χ0v) is 14.6. The van der Waals surface area contributed by atoms with E-state index in [1.807, 2.05) is 0 Å². The predicted molar refractivity (Wildman–Crippen MR) is 96.1 cm³/mol. The minimum atomic E-state index is -4.79. The second-order valence-corrected chi connectivity index (χ2v) is 5.94. The summed E-state index contributed by atoms with van der Waals surface area (Å²) in [5, 5.41) is 0. The molecule has 150 valence electrons. The summed E-state index contributed by atoms with van der Waals surface area (Å²) < 4.78 is 82.7. The summed E-state index contributed by atoms with van der Waals surface area (Å²) in [5.41, 5.74) is 0.908. The largest absolute Gasteiger partial charge is 0.461 e. The van der Waals surface area contributed by atoms with Gasteiger partial charge in [0.25, 0.3) is 0 Å². The molecule has 29 heavy (non-hydrogen) atoms. The van der Waals surface area contributed by atoms with Gasteiger partial charge in [-0.05, 0) is 48.5 Å². The van der Waals surface area contributed by atoms with E-state index in [1.54, 1.807) is 30.3 Å². The van der Waals surface area contributed by atoms with Crippen LogP contribution < -0.4 is 4.74 Å². The molecule has 2 nitrogen and oxygen atoms in total. The summed E-state index contributed by atoms with van der Waals surface area (Å²) in [6.07, 6.45) is -8.89. The summed E-state index contributed by atoms with van der Waals surface area (Å²) in [5.74, 6) is -2.31. The van der Waals surface area contributed by atoms with E-state index in [2.05, 4.69) is 9.73 Å². The molecule has 0 amide bonds. The first-order valence-corrected chi connectivity index (χ1v) is 8.30. The molecule has 0 saturated heterocycles. The average molecular weight is 409 g/mol. The number of rotatable bonds is 6. The van der Waals surface area contributed by atoms with Crippen molar-refractivity contribution in [2.24, 2.45) is 4.99 Å². The van der Waals surface area contributed by atoms with E-state index in [1.165, 1.54) is 12.1 Å². The Morgan fingerprint density at radius 1 is 0.793 bits per heavy atom. The summed E-state index contributed by atoms with van der Waals surface area (Å²) in [4.78, 5) is 4.38. The lowest BCUT2D eigenvalue weighted by atomic mass is 10.0. The minimum absolute atomic E-state index is 0.0134. The normalized spacial score (nSPS) is 12.3. The van der Waals surface area contributed by atoms with Gasteiger partial charge in [0.2, 0.25) is 0 Å². The van der Waals surface area contributed by atoms with Crippen LogP contribution in [0.4, 0.5) is 32.0 Å². The number of hydrogen-bond acceptors (Lipinski definition) is 2. The Kier molecular flexibility index (Phi) is 5.91. The van der Waals surface area contributed by atoms with Crippen molar-refractivity contribution in [2.75, 3.05) is 0 Å². The van der Waals surface area contributed by atoms with Crippen molar-refractivity contribution in [3.05, 3.63) is 95.6 Å². The smallest absolute Gasteiger partial charge is 0.428 e. The van der Waals surface area contributed by atoms with Crippen LogP contribution >= 0.6 is 0 Å². The highest BCUT2D eigenvalue weighted by Gasteiger charge is 2.44. The van der Waals surface area contributed by atoms with Gasteiger partial charge >= 0.3 is 12.5 Å². The highest BCUT2D eigenvalue weighted by atomic mass is 19.3. The number of para-hydroxylation sites is 1. The van der Waals surface area contributed by atoms with Crippen LogP contribution in [0.15, 0.2) is 77.8 Å². The van der Waals surface area contributed by atoms with Crippen LogP contribution in [0.1, 0.15) is 11.1 Å². The molecule has 3 aromatic carbocycles. The number of hydrogen-bond donors (Lipinski definition) is 0. The summed E-state index contributed by atoms with van der Waals surface area (Å²) in [6.45, 7) is 0. The summed E-state index contributed by atoms with van der Waals surface area (Å²) >= 11 is 0. The Morgan fingerprint density at radius 3 is 2.07 bits per heavy atom. The van der Waals surface area contributed by atoms with Gasteiger partial charge in [0.1, 0.15) is 17.4 Å². The lowest BCUT2D eigenvalue weighted by Gasteiger charge is -2.18. The lowest BCUT2D eigenvalue weighted by molar-refractivity contribution is -0.253. The van der Waals surface area contributed by atoms with E-state index >= 15 is 0 Å². The fourth-order valence-electron chi connectivity index (χ4n) is 2.50. The third-order valence-corrected chi connectivity index (χ3v) is 3.77. The van der Waals surface area contributed by atoms with Crippen LogP contribution in [0, 0.1) is 11.6 Å². The highest BCUT2D eigenvalue weighted by Crippen LogP contribution is 2.30. The van der Waals surface area contributed by atoms with Gasteiger partial charge < -0.3 is 4.74 Å². The molecule has 0 unspecified atom stereocenters. The van der Waals surface area contributed by atoms with E-state index in [0.29, 0.717) is 17.3 Å². The molecular formula is C21H13F6NO. The molecule has 0 N–H and O–H groups in total. The molecule has 0 spiro atoms. The van der Waals surface area contributed by atoms with Gasteiger partial charge in [-0.15, -0.1) is 0 Å². The monoisotopic (exact) mass is 409 g/mol. The summed E-state index contributed by atoms with van der Waals surface area (Å²) in [7, 11) is 0. The average Bonchev–Trinajstić information content (AvgIpc) is 2.67. The van der Waals surface area contributed by atoms with Gasteiger partial charge in [0, 0.05) is 17.2 Å². The number of nitrogens with zero attached hydrogens (tertiary/aromatic N) is 1. The standard InChI is InChI=1S/C21H13F6NO/c22-15-8-6-13(7-9-15)19(28-17-4-2-1-3-5-17)14-10-16(23)12-18(11-14)29-21(26,27)20(24)25/h1-12,20H/b28-19-. The maximum absolute atomic E-state index is 14.1. The van der Waals surface area contributed by atoms with Crippen molar-refractivity contribution in [3.63, 3.8) is 0 Å². The van der Waals surface area contributed by atoms with E-state index in [-0.39, 0.29) is 11.3 Å². The molecule has 0 aliphatic heterocycles. The maximum atomic E-state index is 14.1. The third-order valence-electron chi connectivity index (χ3n) is 3.77. The Labute approximate surface area is 162 Å². The second kappa shape index (κ2) is 8.38. The van der Waals surface area contributed by atoms with Gasteiger partial charge in [-0.25, -0.2) is 13.8 Å². The molecule has 3 aromatic rings. The molecule has 0 atom stereocenters. The van der Waals surface area contributed by atoms with Gasteiger partial charge in [-0.2, -0.15) is 17.6 Å². The first-order chi connectivity index (χ1) is 13.7. The molecule has 0 bridgehead atoms. The molecule has 0 aliphatic rings. The molecule has 0 heterocycles. The van der Waals surface area contributed by atoms with Gasteiger partial charge in [0.15, 0.2) is 0 Å². The van der Waals surface area contributed by atoms with Crippen LogP contribution in [0.5, 0.6) is 5.75 Å². The van der Waals surface area contributed by atoms with Crippen molar-refractivity contribution in [2.45, 2.75) is 12.5 Å². The SMILES string of the molecule is Fc1ccc(/C(=N/c2ccccc2)c2cc(F)cc(OC(F)(F)C(F)F)c2)cc1. The minimum Gasteiger partial charge on any atom is -0.428 e. The number of alkyl halides is 4. The van der Waals surface area contributed by atoms with Gasteiger partial charge in [0.05, 0.1) is 11.4 Å². The number of ether oxygens (including phenoxy) is 1. The third kappa shape index (κ3) is 5.16. The van der Waals surface area contributed by atoms with E-state index in [4.69, 9.17) is 0 Å². The van der Waals surface area contributed by atoms with Crippen LogP contribution in [-0.2, 0) is 0 Å². The number of aliphatic imine (C=N–C) groups is 1. The van der Waals surface area contributed by atoms with E-state index < -0.39 is 29.9 Å². The zero-order chi connectivity index (χ0) is 21.0. The molecule has 0 aliphatic carbocycles. The molecule has 3 rings (SSSR count). The molecule has 0 fully saturated rings. The molecule has 0 aromatic heterocycles. The number of benzene rings is 3. The van der Waals surface area contributed by atoms with Gasteiger partial charge in [-0.3, -0.25) is 0 Å². The first-order valence-electron chi connectivity index (χ1n) is 8.30. The molecule has 8 heteroatoms. The van der Waals surface area contributed by atoms with Crippen LogP contribution in [0.2, 0.25) is 0 Å². The van der Waals surface area contributed by atoms with Crippen LogP contribution in [0.25, 0.3) is 0 Å². The van der Waals surface area contributed by atoms with Crippen molar-refractivity contribution in [3.8, 4) is 5.75 Å². The Morgan fingerprint density at radius 2 is 1.45 bits per heavy atom. The Balaban J connectivity index is 2.11. The zero-order valence-electron chi connectivity index (χ0n) is 14.6. The first kappa shape index (κ1) is 20.4. The highest BCUT2D eigenvalue weighted by molar-refractivity contribution is 6.14.